The summed E-state index contributed by atoms with van der Waals surface area (Å²) in [7, 11) is 1.83. The first kappa shape index (κ1) is 30.9. The van der Waals surface area contributed by atoms with Crippen LogP contribution >= 0.6 is 0 Å². The van der Waals surface area contributed by atoms with Gasteiger partial charge in [-0.25, -0.2) is 4.98 Å². The fourth-order valence-corrected chi connectivity index (χ4v) is 7.62. The van der Waals surface area contributed by atoms with E-state index in [1.807, 2.05) is 77.5 Å². The molecule has 3 aliphatic heterocycles. The second-order valence-corrected chi connectivity index (χ2v) is 13.3. The van der Waals surface area contributed by atoms with Crippen molar-refractivity contribution in [1.29, 1.82) is 0 Å². The highest BCUT2D eigenvalue weighted by Gasteiger charge is 2.44. The van der Waals surface area contributed by atoms with E-state index in [1.54, 1.807) is 21.7 Å². The molecular weight excluding hydrogens is 596 g/mol. The van der Waals surface area contributed by atoms with Gasteiger partial charge in [-0.15, -0.1) is 0 Å². The highest BCUT2D eigenvalue weighted by molar-refractivity contribution is 6.00. The number of para-hydroxylation sites is 1. The molecule has 3 fully saturated rings. The lowest BCUT2D eigenvalue weighted by Gasteiger charge is -2.43. The van der Waals surface area contributed by atoms with Gasteiger partial charge in [0, 0.05) is 69.9 Å². The van der Waals surface area contributed by atoms with E-state index in [4.69, 9.17) is 0 Å². The van der Waals surface area contributed by atoms with Gasteiger partial charge in [0.2, 0.25) is 17.7 Å². The average Bonchev–Trinajstić information content (AvgIpc) is 3.68. The number of nitrogens with zero attached hydrogens (tertiary/aromatic N) is 6. The molecule has 0 saturated carbocycles. The van der Waals surface area contributed by atoms with E-state index in [0.717, 1.165) is 11.3 Å². The Morgan fingerprint density at radius 3 is 2.32 bits per heavy atom. The number of aromatic nitrogens is 3. The van der Waals surface area contributed by atoms with Crippen molar-refractivity contribution in [3.63, 3.8) is 0 Å². The van der Waals surface area contributed by atoms with Gasteiger partial charge in [-0.1, -0.05) is 48.5 Å². The van der Waals surface area contributed by atoms with Crippen LogP contribution in [0.2, 0.25) is 0 Å². The number of likely N-dealkylation sites (tertiary alicyclic amines) is 2. The fourth-order valence-electron chi connectivity index (χ4n) is 7.62. The van der Waals surface area contributed by atoms with Crippen LogP contribution in [0.3, 0.4) is 0 Å². The maximum atomic E-state index is 14.1. The molecule has 0 spiro atoms. The molecule has 2 aromatic carbocycles. The van der Waals surface area contributed by atoms with Crippen LogP contribution in [0.4, 0.5) is 5.69 Å². The summed E-state index contributed by atoms with van der Waals surface area (Å²) in [4.78, 5) is 63.6. The number of rotatable bonds is 6. The van der Waals surface area contributed by atoms with Gasteiger partial charge < -0.3 is 24.4 Å². The average molecular weight is 637 g/mol. The molecule has 3 atom stereocenters. The third-order valence-corrected chi connectivity index (χ3v) is 10.3. The smallest absolute Gasteiger partial charge is 0.262 e. The number of anilines is 1. The van der Waals surface area contributed by atoms with Gasteiger partial charge in [-0.3, -0.25) is 23.7 Å². The highest BCUT2D eigenvalue weighted by atomic mass is 16.3. The minimum absolute atomic E-state index is 0.0313. The Hall–Kier alpha value is -4.77. The van der Waals surface area contributed by atoms with Gasteiger partial charge in [0.1, 0.15) is 12.0 Å². The van der Waals surface area contributed by atoms with Crippen LogP contribution < -0.4 is 10.5 Å². The minimum atomic E-state index is -1.13. The third-order valence-electron chi connectivity index (χ3n) is 10.3. The number of fused-ring (bicyclic) bond motifs is 1. The van der Waals surface area contributed by atoms with E-state index in [1.165, 1.54) is 10.9 Å². The van der Waals surface area contributed by atoms with Crippen LogP contribution in [-0.2, 0) is 28.0 Å². The van der Waals surface area contributed by atoms with E-state index in [9.17, 15) is 24.3 Å². The Kier molecular flexibility index (Phi) is 8.17. The first-order valence-electron chi connectivity index (χ1n) is 16.4. The van der Waals surface area contributed by atoms with Crippen molar-refractivity contribution in [2.24, 2.45) is 18.9 Å². The lowest BCUT2D eigenvalue weighted by Crippen LogP contribution is -2.54. The number of aryl methyl sites for hydroxylation is 1. The summed E-state index contributed by atoms with van der Waals surface area (Å²) in [6.45, 7) is 2.09. The maximum absolute atomic E-state index is 14.1. The summed E-state index contributed by atoms with van der Waals surface area (Å²) in [5, 5.41) is 12.0. The van der Waals surface area contributed by atoms with Crippen molar-refractivity contribution in [2.75, 3.05) is 37.6 Å². The predicted octanol–water partition coefficient (Wildman–Crippen LogP) is 2.77. The van der Waals surface area contributed by atoms with Crippen molar-refractivity contribution in [2.45, 2.75) is 43.7 Å². The van der Waals surface area contributed by atoms with E-state index in [-0.39, 0.29) is 48.1 Å². The Labute approximate surface area is 273 Å². The van der Waals surface area contributed by atoms with Gasteiger partial charge in [0.15, 0.2) is 0 Å². The Morgan fingerprint density at radius 1 is 0.894 bits per heavy atom. The number of carbonyl (C=O) groups excluding carboxylic acids is 3. The van der Waals surface area contributed by atoms with Gasteiger partial charge in [0.25, 0.3) is 5.56 Å². The molecule has 3 aliphatic rings. The molecule has 0 bridgehead atoms. The monoisotopic (exact) mass is 636 g/mol. The maximum Gasteiger partial charge on any atom is 0.262 e. The number of carbonyl (C=O) groups is 3. The van der Waals surface area contributed by atoms with E-state index in [0.29, 0.717) is 63.0 Å². The largest absolute Gasteiger partial charge is 0.388 e. The number of hydrogen-bond acceptors (Lipinski definition) is 6. The van der Waals surface area contributed by atoms with Crippen LogP contribution in [0.5, 0.6) is 0 Å². The van der Waals surface area contributed by atoms with Crippen LogP contribution in [-0.4, -0.2) is 85.1 Å². The molecule has 3 amide bonds. The molecule has 1 N–H and O–H groups in total. The molecule has 0 aliphatic carbocycles. The molecule has 11 heteroatoms. The number of amides is 3. The second-order valence-electron chi connectivity index (χ2n) is 13.3. The fraction of sp³-hybridized carbons (Fsp3) is 0.417. The Morgan fingerprint density at radius 2 is 1.60 bits per heavy atom. The van der Waals surface area contributed by atoms with E-state index < -0.39 is 11.5 Å². The zero-order valence-electron chi connectivity index (χ0n) is 26.6. The van der Waals surface area contributed by atoms with Gasteiger partial charge in [-0.2, -0.15) is 0 Å². The zero-order chi connectivity index (χ0) is 32.7. The molecule has 244 valence electrons. The standard InChI is InChI=1S/C36H40N6O5/c1-38-16-12-29-32(38)37-24-41(35(29)46)23-36(47)14-18-39(19-15-36)34(45)28-13-17-40(22-30(28)25-8-4-2-5-9-25)33(44)26-20-31(43)42(21-26)27-10-6-3-7-11-27/h2-12,16,24,26,28,30,47H,13-15,17-23H2,1H3/t26?,28-,30+/m1/s1. The second kappa shape index (κ2) is 12.4. The van der Waals surface area contributed by atoms with Crippen molar-refractivity contribution < 1.29 is 19.5 Å². The number of aliphatic hydroxyl groups is 1. The summed E-state index contributed by atoms with van der Waals surface area (Å²) in [6.07, 6.45) is 4.67. The molecule has 2 aromatic heterocycles. The van der Waals surface area contributed by atoms with E-state index in [2.05, 4.69) is 4.98 Å². The quantitative estimate of drug-likeness (QED) is 0.348. The van der Waals surface area contributed by atoms with Crippen LogP contribution in [0.1, 0.15) is 37.2 Å². The normalized spacial score (nSPS) is 23.0. The first-order chi connectivity index (χ1) is 22.7. The van der Waals surface area contributed by atoms with Crippen LogP contribution in [0.15, 0.2) is 84.0 Å². The third kappa shape index (κ3) is 5.95. The Bertz CT molecular complexity index is 1850. The molecular formula is C36H40N6O5. The molecule has 1 unspecified atom stereocenters. The van der Waals surface area contributed by atoms with Crippen molar-refractivity contribution in [3.05, 3.63) is 95.2 Å². The molecule has 4 aromatic rings. The summed E-state index contributed by atoms with van der Waals surface area (Å²) in [6, 6.07) is 21.1. The lowest BCUT2D eigenvalue weighted by molar-refractivity contribution is -0.146. The molecule has 3 saturated heterocycles. The first-order valence-corrected chi connectivity index (χ1v) is 16.4. The SMILES string of the molecule is Cn1ccc2c(=O)n(CC3(O)CCN(C(=O)[C@@H]4CCN(C(=O)C5CC(=O)N(c6ccccc6)C5)C[C@H]4c4ccccc4)CC3)cnc21. The van der Waals surface area contributed by atoms with Gasteiger partial charge in [-0.05, 0) is 43.0 Å². The van der Waals surface area contributed by atoms with Gasteiger partial charge >= 0.3 is 0 Å². The Balaban J connectivity index is 1.02. The van der Waals surface area contributed by atoms with Crippen molar-refractivity contribution >= 4 is 34.4 Å². The molecule has 47 heavy (non-hydrogen) atoms. The molecule has 0 radical (unpaired) electrons. The summed E-state index contributed by atoms with van der Waals surface area (Å²) in [5.41, 5.74) is 1.09. The topological polar surface area (TPSA) is 121 Å². The highest BCUT2D eigenvalue weighted by Crippen LogP contribution is 2.37. The number of hydrogen-bond donors (Lipinski definition) is 1. The lowest BCUT2D eigenvalue weighted by atomic mass is 9.79. The van der Waals surface area contributed by atoms with Crippen LogP contribution in [0.25, 0.3) is 11.0 Å². The predicted molar refractivity (Wildman–Crippen MR) is 177 cm³/mol. The summed E-state index contributed by atoms with van der Waals surface area (Å²) in [5.74, 6) is -0.978. The number of piperidine rings is 2. The van der Waals surface area contributed by atoms with Crippen molar-refractivity contribution in [1.82, 2.24) is 23.9 Å². The van der Waals surface area contributed by atoms with E-state index >= 15 is 0 Å². The summed E-state index contributed by atoms with van der Waals surface area (Å²) < 4.78 is 3.26. The zero-order valence-corrected chi connectivity index (χ0v) is 26.6. The summed E-state index contributed by atoms with van der Waals surface area (Å²) >= 11 is 0. The number of benzene rings is 2. The molecule has 7 rings (SSSR count). The van der Waals surface area contributed by atoms with Crippen LogP contribution in [0, 0.1) is 11.8 Å². The van der Waals surface area contributed by atoms with Gasteiger partial charge in [0.05, 0.1) is 23.4 Å². The minimum Gasteiger partial charge on any atom is -0.388 e. The molecule has 5 heterocycles. The molecule has 11 nitrogen and oxygen atoms in total. The van der Waals surface area contributed by atoms with Crippen molar-refractivity contribution in [3.8, 4) is 0 Å².